The predicted molar refractivity (Wildman–Crippen MR) is 133 cm³/mol. The van der Waals surface area contributed by atoms with E-state index in [1.165, 1.54) is 6.26 Å². The minimum Gasteiger partial charge on any atom is -0.497 e. The Hall–Kier alpha value is -3.53. The van der Waals surface area contributed by atoms with Crippen molar-refractivity contribution < 1.29 is 38.3 Å². The third-order valence-electron chi connectivity index (χ3n) is 6.63. The van der Waals surface area contributed by atoms with E-state index in [2.05, 4.69) is 4.90 Å². The van der Waals surface area contributed by atoms with E-state index >= 15 is 0 Å². The van der Waals surface area contributed by atoms with E-state index in [1.807, 2.05) is 24.3 Å². The van der Waals surface area contributed by atoms with Gasteiger partial charge in [-0.2, -0.15) is 0 Å². The summed E-state index contributed by atoms with van der Waals surface area (Å²) >= 11 is 0. The summed E-state index contributed by atoms with van der Waals surface area (Å²) < 4.78 is 32.9. The summed E-state index contributed by atoms with van der Waals surface area (Å²) in [5.41, 5.74) is 1.78. The van der Waals surface area contributed by atoms with Gasteiger partial charge in [0.25, 0.3) is 5.79 Å². The second kappa shape index (κ2) is 11.2. The van der Waals surface area contributed by atoms with Crippen molar-refractivity contribution in [3.8, 4) is 11.5 Å². The van der Waals surface area contributed by atoms with Crippen LogP contribution in [0.2, 0.25) is 0 Å². The summed E-state index contributed by atoms with van der Waals surface area (Å²) in [4.78, 5) is 15.3. The van der Waals surface area contributed by atoms with E-state index in [9.17, 15) is 9.90 Å². The van der Waals surface area contributed by atoms with Crippen molar-refractivity contribution in [1.29, 1.82) is 0 Å². The van der Waals surface area contributed by atoms with Crippen molar-refractivity contribution in [3.63, 3.8) is 0 Å². The Morgan fingerprint density at radius 1 is 1.08 bits per heavy atom. The second-order valence-electron chi connectivity index (χ2n) is 9.01. The van der Waals surface area contributed by atoms with E-state index in [1.54, 1.807) is 31.4 Å². The fourth-order valence-corrected chi connectivity index (χ4v) is 4.67. The van der Waals surface area contributed by atoms with Crippen molar-refractivity contribution in [1.82, 2.24) is 4.90 Å². The van der Waals surface area contributed by atoms with Crippen LogP contribution in [0.5, 0.6) is 11.5 Å². The fraction of sp³-hybridized carbons (Fsp3) is 0.393. The average molecular weight is 510 g/mol. The lowest BCUT2D eigenvalue weighted by molar-refractivity contribution is -0.186. The van der Waals surface area contributed by atoms with Crippen molar-refractivity contribution in [2.24, 2.45) is 0 Å². The van der Waals surface area contributed by atoms with Crippen LogP contribution in [0, 0.1) is 0 Å². The molecule has 9 heteroatoms. The molecule has 0 amide bonds. The molecule has 0 bridgehead atoms. The Bertz CT molecular complexity index is 1170. The molecular formula is C28H31NO8. The zero-order valence-corrected chi connectivity index (χ0v) is 20.8. The van der Waals surface area contributed by atoms with Crippen molar-refractivity contribution >= 4 is 5.97 Å². The lowest BCUT2D eigenvalue weighted by Gasteiger charge is -2.26. The van der Waals surface area contributed by atoms with Gasteiger partial charge in [0.1, 0.15) is 23.3 Å². The normalized spacial score (nSPS) is 21.8. The minimum atomic E-state index is -1.97. The minimum absolute atomic E-state index is 0.00582. The molecule has 1 N–H and O–H groups in total. The Morgan fingerprint density at radius 2 is 1.89 bits per heavy atom. The maximum atomic E-state index is 13.0. The van der Waals surface area contributed by atoms with Gasteiger partial charge in [-0.05, 0) is 48.4 Å². The number of methoxy groups -OCH3 is 1. The predicted octanol–water partition coefficient (Wildman–Crippen LogP) is 2.88. The van der Waals surface area contributed by atoms with Gasteiger partial charge in [-0.3, -0.25) is 4.90 Å². The number of hydrogen-bond acceptors (Lipinski definition) is 9. The Labute approximate surface area is 215 Å². The standard InChI is InChI=1S/C28H31NO8/c1-32-22-8-6-21(7-9-22)28(31)24(26(27(30)37-28)25-18-34-19-36-25)17-20-4-2-5-23(16-20)35-13-3-10-29-11-14-33-15-12-29/h2,4-9,16,18,31H,3,10-15,17,19H2,1H3. The molecule has 9 nitrogen and oxygen atoms in total. The van der Waals surface area contributed by atoms with Gasteiger partial charge in [0.15, 0.2) is 5.76 Å². The van der Waals surface area contributed by atoms with E-state index in [4.69, 9.17) is 28.4 Å². The highest BCUT2D eigenvalue weighted by atomic mass is 16.7. The number of nitrogens with zero attached hydrogens (tertiary/aromatic N) is 1. The Morgan fingerprint density at radius 3 is 2.62 bits per heavy atom. The van der Waals surface area contributed by atoms with E-state index in [-0.39, 0.29) is 24.5 Å². The monoisotopic (exact) mass is 509 g/mol. The van der Waals surface area contributed by atoms with Crippen LogP contribution in [0.1, 0.15) is 17.5 Å². The molecule has 37 heavy (non-hydrogen) atoms. The number of ether oxygens (including phenoxy) is 6. The van der Waals surface area contributed by atoms with Crippen molar-refractivity contribution in [2.75, 3.05) is 53.4 Å². The van der Waals surface area contributed by atoms with Crippen molar-refractivity contribution in [2.45, 2.75) is 18.6 Å². The van der Waals surface area contributed by atoms with Gasteiger partial charge in [0.2, 0.25) is 6.79 Å². The van der Waals surface area contributed by atoms with Gasteiger partial charge < -0.3 is 33.5 Å². The first-order valence-corrected chi connectivity index (χ1v) is 12.4. The number of aliphatic hydroxyl groups is 1. The molecule has 0 spiro atoms. The maximum absolute atomic E-state index is 13.0. The average Bonchev–Trinajstić information content (AvgIpc) is 3.54. The van der Waals surface area contributed by atoms with Crippen LogP contribution in [0.4, 0.5) is 0 Å². The summed E-state index contributed by atoms with van der Waals surface area (Å²) in [6, 6.07) is 14.4. The van der Waals surface area contributed by atoms with Crippen LogP contribution in [-0.4, -0.2) is 69.3 Å². The molecule has 2 aromatic rings. The maximum Gasteiger partial charge on any atom is 0.345 e. The number of rotatable bonds is 10. The highest BCUT2D eigenvalue weighted by Gasteiger charge is 2.49. The lowest BCUT2D eigenvalue weighted by atomic mass is 9.89. The number of hydrogen-bond donors (Lipinski definition) is 1. The molecule has 0 radical (unpaired) electrons. The molecule has 3 aliphatic heterocycles. The fourth-order valence-electron chi connectivity index (χ4n) is 4.67. The third kappa shape index (κ3) is 5.58. The number of carbonyl (C=O) groups excluding carboxylic acids is 1. The van der Waals surface area contributed by atoms with Crippen LogP contribution < -0.4 is 9.47 Å². The highest BCUT2D eigenvalue weighted by Crippen LogP contribution is 2.44. The van der Waals surface area contributed by atoms with Crippen LogP contribution in [0.3, 0.4) is 0 Å². The lowest BCUT2D eigenvalue weighted by Crippen LogP contribution is -2.37. The van der Waals surface area contributed by atoms with Crippen LogP contribution >= 0.6 is 0 Å². The third-order valence-corrected chi connectivity index (χ3v) is 6.63. The molecule has 3 aliphatic rings. The quantitative estimate of drug-likeness (QED) is 0.383. The zero-order chi connectivity index (χ0) is 25.7. The molecule has 1 fully saturated rings. The Kier molecular flexibility index (Phi) is 7.64. The van der Waals surface area contributed by atoms with Gasteiger partial charge in [-0.15, -0.1) is 0 Å². The number of carbonyl (C=O) groups is 1. The largest absolute Gasteiger partial charge is 0.497 e. The summed E-state index contributed by atoms with van der Waals surface area (Å²) in [5.74, 6) is -1.07. The first kappa shape index (κ1) is 25.1. The molecule has 1 saturated heterocycles. The zero-order valence-electron chi connectivity index (χ0n) is 20.8. The summed E-state index contributed by atoms with van der Waals surface area (Å²) in [5, 5.41) is 11.7. The van der Waals surface area contributed by atoms with Gasteiger partial charge in [0, 0.05) is 37.2 Å². The van der Waals surface area contributed by atoms with Crippen molar-refractivity contribution in [3.05, 3.63) is 82.8 Å². The molecular weight excluding hydrogens is 478 g/mol. The number of esters is 1. The molecule has 5 rings (SSSR count). The molecule has 0 saturated carbocycles. The van der Waals surface area contributed by atoms with Gasteiger partial charge >= 0.3 is 5.97 Å². The number of benzene rings is 2. The summed E-state index contributed by atoms with van der Waals surface area (Å²) in [7, 11) is 1.56. The number of morpholine rings is 1. The first-order chi connectivity index (χ1) is 18.1. The molecule has 196 valence electrons. The van der Waals surface area contributed by atoms with Gasteiger partial charge in [-0.1, -0.05) is 12.1 Å². The number of cyclic esters (lactones) is 1. The topological polar surface area (TPSA) is 95.9 Å². The Balaban J connectivity index is 1.35. The molecule has 0 aliphatic carbocycles. The molecule has 1 atom stereocenters. The smallest absolute Gasteiger partial charge is 0.345 e. The van der Waals surface area contributed by atoms with E-state index in [0.717, 1.165) is 50.6 Å². The molecule has 3 heterocycles. The molecule has 0 aromatic heterocycles. The van der Waals surface area contributed by atoms with Crippen LogP contribution in [0.15, 0.2) is 71.7 Å². The summed E-state index contributed by atoms with van der Waals surface area (Å²) in [6.45, 7) is 5.02. The van der Waals surface area contributed by atoms with Crippen LogP contribution in [0.25, 0.3) is 0 Å². The van der Waals surface area contributed by atoms with Gasteiger partial charge in [0.05, 0.1) is 26.9 Å². The molecule has 2 aromatic carbocycles. The highest BCUT2D eigenvalue weighted by molar-refractivity contribution is 5.97. The van der Waals surface area contributed by atoms with E-state index in [0.29, 0.717) is 23.5 Å². The second-order valence-corrected chi connectivity index (χ2v) is 9.01. The van der Waals surface area contributed by atoms with E-state index < -0.39 is 11.8 Å². The summed E-state index contributed by atoms with van der Waals surface area (Å²) in [6.07, 6.45) is 2.50. The first-order valence-electron chi connectivity index (χ1n) is 12.4. The SMILES string of the molecule is COc1ccc(C2(O)OC(=O)C(C3=COCO3)=C2Cc2cccc(OCCCN3CCOCC3)c2)cc1. The molecule has 1 unspecified atom stereocenters. The van der Waals surface area contributed by atoms with Crippen LogP contribution in [-0.2, 0) is 35.9 Å². The van der Waals surface area contributed by atoms with Gasteiger partial charge in [-0.25, -0.2) is 4.79 Å².